The average Bonchev–Trinajstić information content (AvgIpc) is 2.59. The zero-order valence-corrected chi connectivity index (χ0v) is 17.6. The summed E-state index contributed by atoms with van der Waals surface area (Å²) < 4.78 is 21.3. The predicted molar refractivity (Wildman–Crippen MR) is 108 cm³/mol. The molecule has 0 unspecified atom stereocenters. The second-order valence-corrected chi connectivity index (χ2v) is 7.67. The van der Waals surface area contributed by atoms with E-state index < -0.39 is 0 Å². The summed E-state index contributed by atoms with van der Waals surface area (Å²) in [7, 11) is 0. The third kappa shape index (κ3) is 19.3. The number of rotatable bonds is 16. The largest absolute Gasteiger partial charge is 0.377 e. The van der Waals surface area contributed by atoms with Crippen LogP contribution in [-0.4, -0.2) is 77.8 Å². The molecule has 0 aromatic carbocycles. The maximum absolute atomic E-state index is 11.5. The molecule has 0 fully saturated rings. The molecule has 164 valence electrons. The van der Waals surface area contributed by atoms with E-state index in [1.54, 1.807) is 0 Å². The van der Waals surface area contributed by atoms with Crippen molar-refractivity contribution < 1.29 is 31.4 Å². The summed E-state index contributed by atoms with van der Waals surface area (Å²) in [5, 5.41) is 5.60. The first kappa shape index (κ1) is 25.8. The van der Waals surface area contributed by atoms with E-state index in [0.717, 1.165) is 0 Å². The second-order valence-electron chi connectivity index (χ2n) is 7.67. The molecule has 0 aromatic rings. The van der Waals surface area contributed by atoms with Crippen molar-refractivity contribution in [2.45, 2.75) is 34.6 Å². The van der Waals surface area contributed by atoms with Gasteiger partial charge in [0.25, 0.3) is 0 Å². The van der Waals surface area contributed by atoms with Gasteiger partial charge in [-0.05, 0) is 5.41 Å². The smallest absolute Gasteiger partial charge is 0.246 e. The highest BCUT2D eigenvalue weighted by molar-refractivity contribution is 5.77. The van der Waals surface area contributed by atoms with E-state index in [4.69, 9.17) is 18.9 Å². The first-order valence-corrected chi connectivity index (χ1v) is 9.58. The van der Waals surface area contributed by atoms with Crippen LogP contribution < -0.4 is 10.6 Å². The molecule has 2 amide bonds. The fourth-order valence-corrected chi connectivity index (χ4v) is 1.69. The molecule has 0 aliphatic carbocycles. The molecule has 0 spiro atoms. The summed E-state index contributed by atoms with van der Waals surface area (Å²) in [6.07, 6.45) is 0. The zero-order chi connectivity index (χ0) is 20.5. The van der Waals surface area contributed by atoms with E-state index in [0.29, 0.717) is 59.3 Å². The van der Waals surface area contributed by atoms with Gasteiger partial charge in [-0.15, -0.1) is 0 Å². The van der Waals surface area contributed by atoms with Gasteiger partial charge in [0.1, 0.15) is 6.61 Å². The van der Waals surface area contributed by atoms with E-state index in [2.05, 4.69) is 31.4 Å². The maximum atomic E-state index is 11.5. The molecule has 0 saturated carbocycles. The normalized spacial score (nSPS) is 11.6. The van der Waals surface area contributed by atoms with Gasteiger partial charge in [0.15, 0.2) is 0 Å². The SMILES string of the molecule is CC(C)C(=O)NCCOCCOCCOCCOCC(=O)NCC(C)(C)C.[HH].[HH]. The van der Waals surface area contributed by atoms with Gasteiger partial charge in [0.05, 0.1) is 46.2 Å². The minimum Gasteiger partial charge on any atom is -0.377 e. The van der Waals surface area contributed by atoms with Gasteiger partial charge in [-0.3, -0.25) is 9.59 Å². The van der Waals surface area contributed by atoms with Gasteiger partial charge >= 0.3 is 0 Å². The Hall–Kier alpha value is -1.22. The molecule has 0 aromatic heterocycles. The first-order valence-electron chi connectivity index (χ1n) is 9.58. The van der Waals surface area contributed by atoms with Crippen molar-refractivity contribution in [2.75, 3.05) is 65.9 Å². The molecule has 0 atom stereocenters. The third-order valence-corrected chi connectivity index (χ3v) is 3.24. The van der Waals surface area contributed by atoms with E-state index in [-0.39, 0.29) is 32.6 Å². The Labute approximate surface area is 166 Å². The van der Waals surface area contributed by atoms with Crippen molar-refractivity contribution in [2.24, 2.45) is 11.3 Å². The number of carbonyl (C=O) groups is 2. The van der Waals surface area contributed by atoms with Crippen molar-refractivity contribution in [3.63, 3.8) is 0 Å². The van der Waals surface area contributed by atoms with Gasteiger partial charge < -0.3 is 29.6 Å². The fourth-order valence-electron chi connectivity index (χ4n) is 1.69. The summed E-state index contributed by atoms with van der Waals surface area (Å²) in [6, 6.07) is 0. The molecule has 0 saturated heterocycles. The Bertz CT molecular complexity index is 407. The Balaban J connectivity index is -0.00000338. The molecular weight excluding hydrogens is 352 g/mol. The standard InChI is InChI=1S/C19H38N2O6.2H2/c1-16(2)18(23)20-6-7-24-8-9-25-10-11-26-12-13-27-14-17(22)21-15-19(3,4)5;;/h16H,6-15H2,1-5H3,(H,20,23)(H,21,22);2*1H. The van der Waals surface area contributed by atoms with E-state index in [1.807, 2.05) is 13.8 Å². The lowest BCUT2D eigenvalue weighted by Gasteiger charge is -2.18. The lowest BCUT2D eigenvalue weighted by atomic mass is 9.97. The summed E-state index contributed by atoms with van der Waals surface area (Å²) >= 11 is 0. The van der Waals surface area contributed by atoms with E-state index in [1.165, 1.54) is 0 Å². The van der Waals surface area contributed by atoms with Crippen LogP contribution in [0.5, 0.6) is 0 Å². The second kappa shape index (κ2) is 15.8. The van der Waals surface area contributed by atoms with Crippen LogP contribution >= 0.6 is 0 Å². The average molecular weight is 395 g/mol. The van der Waals surface area contributed by atoms with Crippen molar-refractivity contribution in [3.05, 3.63) is 0 Å². The topological polar surface area (TPSA) is 95.1 Å². The van der Waals surface area contributed by atoms with Gasteiger partial charge in [0, 0.05) is 21.9 Å². The highest BCUT2D eigenvalue weighted by Gasteiger charge is 2.11. The molecule has 0 heterocycles. The van der Waals surface area contributed by atoms with Crippen LogP contribution in [0.15, 0.2) is 0 Å². The first-order chi connectivity index (χ1) is 12.7. The summed E-state index contributed by atoms with van der Waals surface area (Å²) in [5.41, 5.74) is 0.0630. The Morgan fingerprint density at radius 1 is 0.815 bits per heavy atom. The lowest BCUT2D eigenvalue weighted by Crippen LogP contribution is -2.34. The lowest BCUT2D eigenvalue weighted by molar-refractivity contribution is -0.126. The van der Waals surface area contributed by atoms with Crippen molar-refractivity contribution in [1.29, 1.82) is 0 Å². The van der Waals surface area contributed by atoms with Crippen molar-refractivity contribution in [3.8, 4) is 0 Å². The number of amides is 2. The Kier molecular flexibility index (Phi) is 15.1. The van der Waals surface area contributed by atoms with Crippen LogP contribution in [-0.2, 0) is 28.5 Å². The van der Waals surface area contributed by atoms with Gasteiger partial charge in [-0.2, -0.15) is 0 Å². The minimum absolute atomic E-state index is 0. The number of carbonyl (C=O) groups excluding carboxylic acids is 2. The molecule has 0 radical (unpaired) electrons. The molecule has 0 aliphatic heterocycles. The molecule has 0 bridgehead atoms. The summed E-state index contributed by atoms with van der Waals surface area (Å²) in [5.74, 6) is -0.0945. The van der Waals surface area contributed by atoms with Gasteiger partial charge in [-0.25, -0.2) is 0 Å². The molecule has 27 heavy (non-hydrogen) atoms. The molecule has 0 rings (SSSR count). The highest BCUT2D eigenvalue weighted by atomic mass is 16.6. The monoisotopic (exact) mass is 394 g/mol. The van der Waals surface area contributed by atoms with E-state index >= 15 is 0 Å². The van der Waals surface area contributed by atoms with Crippen LogP contribution in [0.4, 0.5) is 0 Å². The van der Waals surface area contributed by atoms with Crippen LogP contribution in [0.25, 0.3) is 0 Å². The predicted octanol–water partition coefficient (Wildman–Crippen LogP) is 1.48. The fraction of sp³-hybridized carbons (Fsp3) is 0.895. The number of hydrogen-bond acceptors (Lipinski definition) is 6. The van der Waals surface area contributed by atoms with Crippen LogP contribution in [0.1, 0.15) is 37.5 Å². The quantitative estimate of drug-likeness (QED) is 0.385. The van der Waals surface area contributed by atoms with Crippen molar-refractivity contribution in [1.82, 2.24) is 10.6 Å². The summed E-state index contributed by atoms with van der Waals surface area (Å²) in [4.78, 5) is 22.8. The number of hydrogen-bond donors (Lipinski definition) is 2. The minimum atomic E-state index is -0.114. The van der Waals surface area contributed by atoms with E-state index in [9.17, 15) is 9.59 Å². The highest BCUT2D eigenvalue weighted by Crippen LogP contribution is 2.09. The molecule has 8 nitrogen and oxygen atoms in total. The maximum Gasteiger partial charge on any atom is 0.246 e. The van der Waals surface area contributed by atoms with Gasteiger partial charge in [0.2, 0.25) is 11.8 Å². The van der Waals surface area contributed by atoms with Crippen LogP contribution in [0.2, 0.25) is 0 Å². The molecule has 2 N–H and O–H groups in total. The zero-order valence-electron chi connectivity index (χ0n) is 17.6. The third-order valence-electron chi connectivity index (χ3n) is 3.24. The number of ether oxygens (including phenoxy) is 4. The van der Waals surface area contributed by atoms with Crippen LogP contribution in [0.3, 0.4) is 0 Å². The summed E-state index contributed by atoms with van der Waals surface area (Å²) in [6.45, 7) is 14.2. The van der Waals surface area contributed by atoms with Crippen molar-refractivity contribution >= 4 is 11.8 Å². The Morgan fingerprint density at radius 3 is 1.78 bits per heavy atom. The molecule has 8 heteroatoms. The van der Waals surface area contributed by atoms with Crippen LogP contribution in [0, 0.1) is 11.3 Å². The van der Waals surface area contributed by atoms with Gasteiger partial charge in [-0.1, -0.05) is 34.6 Å². The molecule has 0 aliphatic rings. The Morgan fingerprint density at radius 2 is 1.30 bits per heavy atom. The molecular formula is C19H42N2O6. The number of nitrogens with one attached hydrogen (secondary N) is 2.